The number of hydrogen-bond acceptors (Lipinski definition) is 2. The fourth-order valence-corrected chi connectivity index (χ4v) is 3.01. The van der Waals surface area contributed by atoms with Gasteiger partial charge in [0.05, 0.1) is 11.2 Å². The average Bonchev–Trinajstić information content (AvgIpc) is 2.83. The molecule has 2 aromatic rings. The van der Waals surface area contributed by atoms with E-state index in [4.69, 9.17) is 11.6 Å². The summed E-state index contributed by atoms with van der Waals surface area (Å²) in [6.07, 6.45) is 5.30. The van der Waals surface area contributed by atoms with Crippen LogP contribution in [-0.2, 0) is 20.0 Å². The van der Waals surface area contributed by atoms with Gasteiger partial charge in [-0.2, -0.15) is 5.10 Å². The smallest absolute Gasteiger partial charge is 0.141 e. The molecule has 0 saturated heterocycles. The minimum absolute atomic E-state index is 0.176. The molecule has 0 aliphatic heterocycles. The van der Waals surface area contributed by atoms with Crippen LogP contribution in [0, 0.1) is 5.82 Å². The monoisotopic (exact) mass is 293 g/mol. The van der Waals surface area contributed by atoms with Crippen LogP contribution in [0.3, 0.4) is 0 Å². The van der Waals surface area contributed by atoms with E-state index < -0.39 is 0 Å². The summed E-state index contributed by atoms with van der Waals surface area (Å²) in [6, 6.07) is 5.17. The molecule has 20 heavy (non-hydrogen) atoms. The molecule has 5 heteroatoms. The first-order valence-corrected chi connectivity index (χ1v) is 7.21. The molecule has 1 N–H and O–H groups in total. The van der Waals surface area contributed by atoms with E-state index in [-0.39, 0.29) is 10.8 Å². The van der Waals surface area contributed by atoms with E-state index in [1.54, 1.807) is 12.1 Å². The number of rotatable bonds is 3. The first-order valence-electron chi connectivity index (χ1n) is 6.83. The van der Waals surface area contributed by atoms with Gasteiger partial charge in [-0.1, -0.05) is 17.7 Å². The Labute approximate surface area is 122 Å². The van der Waals surface area contributed by atoms with Crippen LogP contribution in [0.25, 0.3) is 0 Å². The molecule has 0 fully saturated rings. The zero-order valence-electron chi connectivity index (χ0n) is 11.4. The lowest BCUT2D eigenvalue weighted by Gasteiger charge is -2.24. The highest BCUT2D eigenvalue weighted by Crippen LogP contribution is 2.29. The van der Waals surface area contributed by atoms with Gasteiger partial charge in [-0.05, 0) is 37.0 Å². The molecule has 1 aliphatic rings. The van der Waals surface area contributed by atoms with Crippen molar-refractivity contribution < 1.29 is 4.39 Å². The summed E-state index contributed by atoms with van der Waals surface area (Å²) in [5.41, 5.74) is 3.59. The highest BCUT2D eigenvalue weighted by Gasteiger charge is 2.22. The predicted octanol–water partition coefficient (Wildman–Crippen LogP) is 3.38. The second kappa shape index (κ2) is 5.54. The number of nitrogens with one attached hydrogen (secondary N) is 1. The van der Waals surface area contributed by atoms with Crippen LogP contribution >= 0.6 is 11.6 Å². The van der Waals surface area contributed by atoms with Crippen molar-refractivity contribution in [2.24, 2.45) is 7.05 Å². The van der Waals surface area contributed by atoms with E-state index in [0.29, 0.717) is 12.6 Å². The molecule has 1 unspecified atom stereocenters. The summed E-state index contributed by atoms with van der Waals surface area (Å²) in [6.45, 7) is 0.680. The number of halogens is 2. The quantitative estimate of drug-likeness (QED) is 0.940. The van der Waals surface area contributed by atoms with Crippen LogP contribution < -0.4 is 5.32 Å². The summed E-state index contributed by atoms with van der Waals surface area (Å²) < 4.78 is 15.1. The minimum atomic E-state index is -0.373. The first-order chi connectivity index (χ1) is 9.65. The fourth-order valence-electron chi connectivity index (χ4n) is 2.81. The maximum Gasteiger partial charge on any atom is 0.141 e. The normalized spacial score (nSPS) is 18.1. The third kappa shape index (κ3) is 2.58. The summed E-state index contributed by atoms with van der Waals surface area (Å²) in [5, 5.41) is 8.03. The van der Waals surface area contributed by atoms with Crippen molar-refractivity contribution in [2.75, 3.05) is 0 Å². The summed E-state index contributed by atoms with van der Waals surface area (Å²) in [7, 11) is 1.99. The van der Waals surface area contributed by atoms with Crippen LogP contribution in [0.5, 0.6) is 0 Å². The van der Waals surface area contributed by atoms with Gasteiger partial charge in [0, 0.05) is 30.9 Å². The maximum atomic E-state index is 13.1. The molecule has 0 saturated carbocycles. The van der Waals surface area contributed by atoms with Gasteiger partial charge in [0.25, 0.3) is 0 Å². The van der Waals surface area contributed by atoms with Crippen LogP contribution in [-0.4, -0.2) is 9.78 Å². The second-order valence-electron chi connectivity index (χ2n) is 5.24. The van der Waals surface area contributed by atoms with Crippen molar-refractivity contribution in [1.82, 2.24) is 15.1 Å². The molecule has 0 amide bonds. The van der Waals surface area contributed by atoms with Crippen LogP contribution in [0.2, 0.25) is 5.02 Å². The Bertz CT molecular complexity index is 624. The van der Waals surface area contributed by atoms with E-state index in [1.807, 2.05) is 17.9 Å². The maximum absolute atomic E-state index is 13.1. The molecule has 3 rings (SSSR count). The Morgan fingerprint density at radius 2 is 2.35 bits per heavy atom. The van der Waals surface area contributed by atoms with Crippen molar-refractivity contribution in [3.8, 4) is 0 Å². The Morgan fingerprint density at radius 1 is 1.50 bits per heavy atom. The number of hydrogen-bond donors (Lipinski definition) is 1. The molecule has 1 aromatic carbocycles. The van der Waals surface area contributed by atoms with E-state index in [9.17, 15) is 4.39 Å². The number of fused-ring (bicyclic) bond motifs is 1. The number of aryl methyl sites for hydroxylation is 1. The third-order valence-electron chi connectivity index (χ3n) is 3.91. The molecule has 1 atom stereocenters. The zero-order chi connectivity index (χ0) is 14.1. The molecular weight excluding hydrogens is 277 g/mol. The van der Waals surface area contributed by atoms with Crippen molar-refractivity contribution >= 4 is 11.6 Å². The molecule has 0 spiro atoms. The summed E-state index contributed by atoms with van der Waals surface area (Å²) in [5.74, 6) is -0.373. The van der Waals surface area contributed by atoms with Gasteiger partial charge in [0.15, 0.2) is 0 Å². The number of nitrogens with zero attached hydrogens (tertiary/aromatic N) is 2. The topological polar surface area (TPSA) is 29.9 Å². The number of benzene rings is 1. The van der Waals surface area contributed by atoms with Gasteiger partial charge in [0.1, 0.15) is 5.82 Å². The van der Waals surface area contributed by atoms with Crippen molar-refractivity contribution in [3.05, 3.63) is 52.1 Å². The van der Waals surface area contributed by atoms with Crippen LogP contribution in [0.1, 0.15) is 35.7 Å². The van der Waals surface area contributed by atoms with Gasteiger partial charge in [0.2, 0.25) is 0 Å². The fraction of sp³-hybridized carbons (Fsp3) is 0.400. The highest BCUT2D eigenvalue weighted by atomic mass is 35.5. The van der Waals surface area contributed by atoms with E-state index >= 15 is 0 Å². The number of aromatic nitrogens is 2. The lowest BCUT2D eigenvalue weighted by Crippen LogP contribution is -2.24. The van der Waals surface area contributed by atoms with Crippen molar-refractivity contribution in [2.45, 2.75) is 31.8 Å². The van der Waals surface area contributed by atoms with Gasteiger partial charge in [-0.3, -0.25) is 4.68 Å². The Balaban J connectivity index is 1.71. The largest absolute Gasteiger partial charge is 0.306 e. The molecule has 0 radical (unpaired) electrons. The molecule has 0 bridgehead atoms. The Hall–Kier alpha value is -1.39. The predicted molar refractivity (Wildman–Crippen MR) is 77.1 cm³/mol. The third-order valence-corrected chi connectivity index (χ3v) is 4.20. The molecule has 1 aliphatic carbocycles. The van der Waals surface area contributed by atoms with Gasteiger partial charge in [-0.15, -0.1) is 0 Å². The highest BCUT2D eigenvalue weighted by molar-refractivity contribution is 6.30. The van der Waals surface area contributed by atoms with Crippen LogP contribution in [0.4, 0.5) is 4.39 Å². The Morgan fingerprint density at radius 3 is 3.15 bits per heavy atom. The van der Waals surface area contributed by atoms with Gasteiger partial charge < -0.3 is 5.32 Å². The van der Waals surface area contributed by atoms with E-state index in [0.717, 1.165) is 24.8 Å². The lowest BCUT2D eigenvalue weighted by molar-refractivity contribution is 0.451. The summed E-state index contributed by atoms with van der Waals surface area (Å²) in [4.78, 5) is 0. The van der Waals surface area contributed by atoms with Crippen molar-refractivity contribution in [1.29, 1.82) is 0 Å². The average molecular weight is 294 g/mol. The van der Waals surface area contributed by atoms with E-state index in [1.165, 1.54) is 17.3 Å². The molecular formula is C15H17ClFN3. The molecule has 3 nitrogen and oxygen atoms in total. The molecule has 106 valence electrons. The first kappa shape index (κ1) is 13.6. The SMILES string of the molecule is Cn1ncc2c1CCCC2NCc1ccc(F)c(Cl)c1. The summed E-state index contributed by atoms with van der Waals surface area (Å²) >= 11 is 5.80. The van der Waals surface area contributed by atoms with Crippen molar-refractivity contribution in [3.63, 3.8) is 0 Å². The lowest BCUT2D eigenvalue weighted by atomic mass is 9.93. The molecule has 1 heterocycles. The minimum Gasteiger partial charge on any atom is -0.306 e. The van der Waals surface area contributed by atoms with Gasteiger partial charge >= 0.3 is 0 Å². The van der Waals surface area contributed by atoms with E-state index in [2.05, 4.69) is 10.4 Å². The Kier molecular flexibility index (Phi) is 3.76. The second-order valence-corrected chi connectivity index (χ2v) is 5.65. The molecule has 1 aromatic heterocycles. The van der Waals surface area contributed by atoms with Crippen LogP contribution in [0.15, 0.2) is 24.4 Å². The standard InChI is InChI=1S/C15H17ClFN3/c1-20-15-4-2-3-14(11(15)9-19-20)18-8-10-5-6-13(17)12(16)7-10/h5-7,9,14,18H,2-4,8H2,1H3. The van der Waals surface area contributed by atoms with Gasteiger partial charge in [-0.25, -0.2) is 4.39 Å². The zero-order valence-corrected chi connectivity index (χ0v) is 12.1.